The predicted octanol–water partition coefficient (Wildman–Crippen LogP) is 2.75. The first-order chi connectivity index (χ1) is 11.0. The minimum Gasteiger partial charge on any atom is -0.334 e. The number of benzene rings is 2. The van der Waals surface area contributed by atoms with Crippen molar-refractivity contribution in [2.75, 3.05) is 6.54 Å². The van der Waals surface area contributed by atoms with E-state index in [4.69, 9.17) is 11.6 Å². The van der Waals surface area contributed by atoms with Crippen LogP contribution >= 0.6 is 11.6 Å². The van der Waals surface area contributed by atoms with Gasteiger partial charge in [-0.15, -0.1) is 0 Å². The summed E-state index contributed by atoms with van der Waals surface area (Å²) in [5.74, 6) is 0. The molecule has 3 rings (SSSR count). The smallest absolute Gasteiger partial charge is 0.240 e. The fourth-order valence-corrected chi connectivity index (χ4v) is 3.52. The molecule has 0 spiro atoms. The number of halogens is 1. The predicted molar refractivity (Wildman–Crippen MR) is 91.1 cm³/mol. The van der Waals surface area contributed by atoms with Crippen molar-refractivity contribution in [1.82, 2.24) is 14.3 Å². The van der Waals surface area contributed by atoms with Crippen molar-refractivity contribution in [2.24, 2.45) is 7.05 Å². The Morgan fingerprint density at radius 3 is 2.65 bits per heavy atom. The van der Waals surface area contributed by atoms with Crippen LogP contribution in [-0.2, 0) is 23.5 Å². The maximum atomic E-state index is 12.4. The molecule has 0 radical (unpaired) electrons. The van der Waals surface area contributed by atoms with Gasteiger partial charge in [-0.1, -0.05) is 23.7 Å². The molecule has 0 saturated heterocycles. The molecule has 120 valence electrons. The van der Waals surface area contributed by atoms with E-state index in [1.165, 1.54) is 0 Å². The van der Waals surface area contributed by atoms with E-state index < -0.39 is 10.0 Å². The van der Waals surface area contributed by atoms with Crippen LogP contribution in [0.4, 0.5) is 0 Å². The van der Waals surface area contributed by atoms with Gasteiger partial charge < -0.3 is 4.57 Å². The molecule has 2 aromatic carbocycles. The first kappa shape index (κ1) is 16.0. The summed E-state index contributed by atoms with van der Waals surface area (Å²) >= 11 is 5.83. The second-order valence-electron chi connectivity index (χ2n) is 5.28. The van der Waals surface area contributed by atoms with Crippen molar-refractivity contribution in [2.45, 2.75) is 11.3 Å². The summed E-state index contributed by atoms with van der Waals surface area (Å²) in [7, 11) is -1.68. The third-order valence-corrected chi connectivity index (χ3v) is 5.34. The molecule has 0 aliphatic heterocycles. The molecule has 0 amide bonds. The molecule has 0 saturated carbocycles. The molecule has 0 unspecified atom stereocenters. The molecule has 5 nitrogen and oxygen atoms in total. The molecule has 0 aliphatic rings. The molecule has 0 fully saturated rings. The van der Waals surface area contributed by atoms with Crippen LogP contribution in [0.2, 0.25) is 5.02 Å². The summed E-state index contributed by atoms with van der Waals surface area (Å²) < 4.78 is 29.2. The van der Waals surface area contributed by atoms with Crippen molar-refractivity contribution in [3.05, 3.63) is 59.4 Å². The molecular weight excluding hydrogens is 334 g/mol. The Balaban J connectivity index is 1.71. The molecule has 7 heteroatoms. The molecular formula is C16H16ClN3O2S. The molecule has 23 heavy (non-hydrogen) atoms. The lowest BCUT2D eigenvalue weighted by molar-refractivity contribution is 0.582. The van der Waals surface area contributed by atoms with Gasteiger partial charge >= 0.3 is 0 Å². The summed E-state index contributed by atoms with van der Waals surface area (Å²) in [5.41, 5.74) is 2.58. The van der Waals surface area contributed by atoms with Crippen LogP contribution in [0.3, 0.4) is 0 Å². The van der Waals surface area contributed by atoms with Crippen molar-refractivity contribution >= 4 is 32.7 Å². The van der Waals surface area contributed by atoms with Gasteiger partial charge in [-0.3, -0.25) is 0 Å². The SMILES string of the molecule is Cn1cnc2cc(S(=O)(=O)NCCc3ccc(Cl)cc3)ccc21. The van der Waals surface area contributed by atoms with Gasteiger partial charge in [-0.2, -0.15) is 0 Å². The Morgan fingerprint density at radius 2 is 1.91 bits per heavy atom. The monoisotopic (exact) mass is 349 g/mol. The van der Waals surface area contributed by atoms with E-state index in [1.54, 1.807) is 36.7 Å². The summed E-state index contributed by atoms with van der Waals surface area (Å²) in [6.07, 6.45) is 2.26. The lowest BCUT2D eigenvalue weighted by atomic mass is 10.2. The third kappa shape index (κ3) is 3.55. The van der Waals surface area contributed by atoms with Gasteiger partial charge in [0, 0.05) is 18.6 Å². The Kier molecular flexibility index (Phi) is 4.39. The first-order valence-corrected chi connectivity index (χ1v) is 8.97. The summed E-state index contributed by atoms with van der Waals surface area (Å²) in [5, 5.41) is 0.665. The Hall–Kier alpha value is -1.89. The molecule has 0 bridgehead atoms. The van der Waals surface area contributed by atoms with E-state index in [9.17, 15) is 8.42 Å². The number of imidazole rings is 1. The van der Waals surface area contributed by atoms with E-state index in [0.717, 1.165) is 11.1 Å². The van der Waals surface area contributed by atoms with Gasteiger partial charge in [0.1, 0.15) is 0 Å². The van der Waals surface area contributed by atoms with E-state index in [1.807, 2.05) is 23.7 Å². The van der Waals surface area contributed by atoms with Crippen molar-refractivity contribution in [3.8, 4) is 0 Å². The number of aromatic nitrogens is 2. The largest absolute Gasteiger partial charge is 0.334 e. The highest BCUT2D eigenvalue weighted by molar-refractivity contribution is 7.89. The van der Waals surface area contributed by atoms with E-state index in [0.29, 0.717) is 23.5 Å². The topological polar surface area (TPSA) is 64.0 Å². The molecule has 3 aromatic rings. The Labute approximate surface area is 140 Å². The normalized spacial score (nSPS) is 11.9. The number of hydrogen-bond acceptors (Lipinski definition) is 3. The second kappa shape index (κ2) is 6.31. The Bertz CT molecular complexity index is 934. The first-order valence-electron chi connectivity index (χ1n) is 7.11. The molecule has 0 atom stereocenters. The van der Waals surface area contributed by atoms with Crippen molar-refractivity contribution in [1.29, 1.82) is 0 Å². The van der Waals surface area contributed by atoms with Crippen LogP contribution < -0.4 is 4.72 Å². The fourth-order valence-electron chi connectivity index (χ4n) is 2.35. The number of nitrogens with zero attached hydrogens (tertiary/aromatic N) is 2. The Morgan fingerprint density at radius 1 is 1.17 bits per heavy atom. The number of fused-ring (bicyclic) bond motifs is 1. The number of rotatable bonds is 5. The van der Waals surface area contributed by atoms with Crippen LogP contribution in [-0.4, -0.2) is 24.5 Å². The van der Waals surface area contributed by atoms with Crippen LogP contribution in [0.25, 0.3) is 11.0 Å². The van der Waals surface area contributed by atoms with Gasteiger partial charge in [-0.05, 0) is 42.3 Å². The average Bonchev–Trinajstić information content (AvgIpc) is 2.90. The average molecular weight is 350 g/mol. The quantitative estimate of drug-likeness (QED) is 0.770. The highest BCUT2D eigenvalue weighted by Crippen LogP contribution is 2.17. The summed E-state index contributed by atoms with van der Waals surface area (Å²) in [6, 6.07) is 12.3. The minimum atomic E-state index is -3.55. The molecule has 1 aromatic heterocycles. The maximum Gasteiger partial charge on any atom is 0.240 e. The summed E-state index contributed by atoms with van der Waals surface area (Å²) in [6.45, 7) is 0.324. The number of sulfonamides is 1. The zero-order chi connectivity index (χ0) is 16.4. The highest BCUT2D eigenvalue weighted by Gasteiger charge is 2.15. The molecule has 1 N–H and O–H groups in total. The van der Waals surface area contributed by atoms with Gasteiger partial charge in [-0.25, -0.2) is 18.1 Å². The third-order valence-electron chi connectivity index (χ3n) is 3.63. The zero-order valence-corrected chi connectivity index (χ0v) is 14.1. The lowest BCUT2D eigenvalue weighted by Crippen LogP contribution is -2.26. The standard InChI is InChI=1S/C16H16ClN3O2S/c1-20-11-18-15-10-14(6-7-16(15)20)23(21,22)19-9-8-12-2-4-13(17)5-3-12/h2-7,10-11,19H,8-9H2,1H3. The van der Waals surface area contributed by atoms with E-state index in [-0.39, 0.29) is 4.90 Å². The van der Waals surface area contributed by atoms with Gasteiger partial charge in [0.05, 0.1) is 22.3 Å². The van der Waals surface area contributed by atoms with Crippen LogP contribution in [0.15, 0.2) is 53.7 Å². The molecule has 1 heterocycles. The summed E-state index contributed by atoms with van der Waals surface area (Å²) in [4.78, 5) is 4.41. The number of hydrogen-bond donors (Lipinski definition) is 1. The number of aryl methyl sites for hydroxylation is 1. The van der Waals surface area contributed by atoms with Crippen molar-refractivity contribution < 1.29 is 8.42 Å². The highest BCUT2D eigenvalue weighted by atomic mass is 35.5. The van der Waals surface area contributed by atoms with Crippen LogP contribution in [0.1, 0.15) is 5.56 Å². The minimum absolute atomic E-state index is 0.222. The van der Waals surface area contributed by atoms with Crippen LogP contribution in [0.5, 0.6) is 0 Å². The lowest BCUT2D eigenvalue weighted by Gasteiger charge is -2.07. The molecule has 0 aliphatic carbocycles. The maximum absolute atomic E-state index is 12.4. The van der Waals surface area contributed by atoms with E-state index in [2.05, 4.69) is 9.71 Å². The van der Waals surface area contributed by atoms with Crippen LogP contribution in [0, 0.1) is 0 Å². The van der Waals surface area contributed by atoms with Crippen molar-refractivity contribution in [3.63, 3.8) is 0 Å². The zero-order valence-electron chi connectivity index (χ0n) is 12.5. The van der Waals surface area contributed by atoms with Gasteiger partial charge in [0.2, 0.25) is 10.0 Å². The number of nitrogens with one attached hydrogen (secondary N) is 1. The second-order valence-corrected chi connectivity index (χ2v) is 7.48. The van der Waals surface area contributed by atoms with Gasteiger partial charge in [0.25, 0.3) is 0 Å². The van der Waals surface area contributed by atoms with Gasteiger partial charge in [0.15, 0.2) is 0 Å². The van der Waals surface area contributed by atoms with E-state index >= 15 is 0 Å². The fraction of sp³-hybridized carbons (Fsp3) is 0.188.